The highest BCUT2D eigenvalue weighted by molar-refractivity contribution is 5.88. The van der Waals surface area contributed by atoms with Crippen LogP contribution in [0.3, 0.4) is 0 Å². The van der Waals surface area contributed by atoms with E-state index in [0.29, 0.717) is 19.0 Å². The molecule has 0 aliphatic rings. The van der Waals surface area contributed by atoms with Gasteiger partial charge in [0.05, 0.1) is 6.54 Å². The maximum atomic E-state index is 11.7. The van der Waals surface area contributed by atoms with Gasteiger partial charge in [0, 0.05) is 19.3 Å². The molecule has 6 nitrogen and oxygen atoms in total. The molecule has 0 aliphatic carbocycles. The fourth-order valence-corrected chi connectivity index (χ4v) is 2.23. The quantitative estimate of drug-likeness (QED) is 0.712. The third-order valence-corrected chi connectivity index (χ3v) is 3.33. The van der Waals surface area contributed by atoms with Crippen LogP contribution in [0.25, 0.3) is 10.8 Å². The van der Waals surface area contributed by atoms with Crippen LogP contribution in [0.1, 0.15) is 0 Å². The molecule has 0 fully saturated rings. The Kier molecular flexibility index (Phi) is 4.42. The van der Waals surface area contributed by atoms with Crippen LogP contribution in [0.4, 0.5) is 10.6 Å². The molecule has 3 rings (SSSR count). The van der Waals surface area contributed by atoms with E-state index in [1.54, 1.807) is 24.0 Å². The third-order valence-electron chi connectivity index (χ3n) is 3.33. The largest absolute Gasteiger partial charge is 0.492 e. The van der Waals surface area contributed by atoms with Crippen molar-refractivity contribution in [1.82, 2.24) is 15.1 Å². The molecule has 3 aromatic rings. The fraction of sp³-hybridized carbons (Fsp3) is 0.176. The Morgan fingerprint density at radius 1 is 1.17 bits per heavy atom. The lowest BCUT2D eigenvalue weighted by Crippen LogP contribution is -2.32. The Morgan fingerprint density at radius 3 is 2.78 bits per heavy atom. The van der Waals surface area contributed by atoms with Gasteiger partial charge in [-0.05, 0) is 22.9 Å². The number of rotatable bonds is 5. The number of aromatic nitrogens is 2. The summed E-state index contributed by atoms with van der Waals surface area (Å²) >= 11 is 0. The van der Waals surface area contributed by atoms with Crippen molar-refractivity contribution in [3.8, 4) is 5.75 Å². The normalized spacial score (nSPS) is 10.5. The lowest BCUT2D eigenvalue weighted by molar-refractivity contribution is 0.247. The van der Waals surface area contributed by atoms with E-state index in [9.17, 15) is 4.79 Å². The van der Waals surface area contributed by atoms with Crippen LogP contribution in [0.15, 0.2) is 54.7 Å². The summed E-state index contributed by atoms with van der Waals surface area (Å²) < 4.78 is 7.28. The number of ether oxygens (including phenoxy) is 1. The number of fused-ring (bicyclic) bond motifs is 1. The van der Waals surface area contributed by atoms with Crippen LogP contribution in [0, 0.1) is 0 Å². The molecule has 1 aromatic heterocycles. The molecule has 0 unspecified atom stereocenters. The molecule has 0 aliphatic heterocycles. The number of benzene rings is 2. The minimum absolute atomic E-state index is 0.300. The molecule has 23 heavy (non-hydrogen) atoms. The average molecular weight is 310 g/mol. The Morgan fingerprint density at radius 2 is 2.00 bits per heavy atom. The number of hydrogen-bond acceptors (Lipinski definition) is 3. The van der Waals surface area contributed by atoms with Crippen molar-refractivity contribution in [3.05, 3.63) is 54.7 Å². The predicted octanol–water partition coefficient (Wildman–Crippen LogP) is 2.77. The number of amides is 2. The molecule has 0 saturated heterocycles. The van der Waals surface area contributed by atoms with Crippen LogP contribution in [0.2, 0.25) is 0 Å². The lowest BCUT2D eigenvalue weighted by atomic mass is 10.1. The molecule has 6 heteroatoms. The van der Waals surface area contributed by atoms with E-state index in [2.05, 4.69) is 21.8 Å². The summed E-state index contributed by atoms with van der Waals surface area (Å²) in [5, 5.41) is 11.7. The van der Waals surface area contributed by atoms with Gasteiger partial charge in [0.15, 0.2) is 5.82 Å². The van der Waals surface area contributed by atoms with Crippen molar-refractivity contribution in [1.29, 1.82) is 0 Å². The van der Waals surface area contributed by atoms with Crippen molar-refractivity contribution >= 4 is 22.6 Å². The number of nitrogens with one attached hydrogen (secondary N) is 2. The standard InChI is InChI=1S/C17H18N4O2/c1-21-10-8-16(20-21)19-17(22)18-9-11-23-15-7-6-13-4-2-3-5-14(13)12-15/h2-8,10,12H,9,11H2,1H3,(H2,18,19,20,22). The van der Waals surface area contributed by atoms with Crippen LogP contribution in [-0.4, -0.2) is 29.0 Å². The zero-order chi connectivity index (χ0) is 16.1. The summed E-state index contributed by atoms with van der Waals surface area (Å²) in [6.45, 7) is 0.805. The first-order valence-corrected chi connectivity index (χ1v) is 7.37. The maximum absolute atomic E-state index is 11.7. The van der Waals surface area contributed by atoms with E-state index < -0.39 is 0 Å². The fourth-order valence-electron chi connectivity index (χ4n) is 2.23. The SMILES string of the molecule is Cn1ccc(NC(=O)NCCOc2ccc3ccccc3c2)n1. The van der Waals surface area contributed by atoms with Crippen molar-refractivity contribution in [3.63, 3.8) is 0 Å². The van der Waals surface area contributed by atoms with Gasteiger partial charge in [-0.2, -0.15) is 5.10 Å². The molecule has 1 heterocycles. The van der Waals surface area contributed by atoms with E-state index in [1.165, 1.54) is 5.39 Å². The first-order valence-electron chi connectivity index (χ1n) is 7.37. The zero-order valence-corrected chi connectivity index (χ0v) is 12.8. The number of nitrogens with zero attached hydrogens (tertiary/aromatic N) is 2. The van der Waals surface area contributed by atoms with E-state index in [0.717, 1.165) is 11.1 Å². The van der Waals surface area contributed by atoms with Crippen molar-refractivity contribution in [2.75, 3.05) is 18.5 Å². The summed E-state index contributed by atoms with van der Waals surface area (Å²) in [6.07, 6.45) is 1.76. The molecule has 2 amide bonds. The third kappa shape index (κ3) is 4.00. The highest BCUT2D eigenvalue weighted by atomic mass is 16.5. The van der Waals surface area contributed by atoms with Gasteiger partial charge in [-0.25, -0.2) is 4.79 Å². The number of anilines is 1. The second kappa shape index (κ2) is 6.83. The number of hydrogen-bond donors (Lipinski definition) is 2. The molecule has 0 atom stereocenters. The van der Waals surface area contributed by atoms with Gasteiger partial charge in [0.2, 0.25) is 0 Å². The topological polar surface area (TPSA) is 68.2 Å². The monoisotopic (exact) mass is 310 g/mol. The molecule has 2 N–H and O–H groups in total. The summed E-state index contributed by atoms with van der Waals surface area (Å²) in [5.41, 5.74) is 0. The Bertz CT molecular complexity index is 813. The van der Waals surface area contributed by atoms with Gasteiger partial charge in [-0.15, -0.1) is 0 Å². The minimum Gasteiger partial charge on any atom is -0.492 e. The lowest BCUT2D eigenvalue weighted by Gasteiger charge is -2.09. The Hall–Kier alpha value is -3.02. The molecular weight excluding hydrogens is 292 g/mol. The number of aryl methyl sites for hydroxylation is 1. The molecular formula is C17H18N4O2. The van der Waals surface area contributed by atoms with Gasteiger partial charge in [-0.3, -0.25) is 10.00 Å². The molecule has 2 aromatic carbocycles. The molecule has 118 valence electrons. The summed E-state index contributed by atoms with van der Waals surface area (Å²) in [6, 6.07) is 15.5. The molecule has 0 radical (unpaired) electrons. The van der Waals surface area contributed by atoms with Crippen molar-refractivity contribution < 1.29 is 9.53 Å². The van der Waals surface area contributed by atoms with Crippen LogP contribution >= 0.6 is 0 Å². The smallest absolute Gasteiger partial charge is 0.320 e. The number of carbonyl (C=O) groups is 1. The molecule has 0 saturated carbocycles. The van der Waals surface area contributed by atoms with Gasteiger partial charge in [-0.1, -0.05) is 30.3 Å². The minimum atomic E-state index is -0.300. The first-order chi connectivity index (χ1) is 11.2. The van der Waals surface area contributed by atoms with Crippen LogP contribution in [0.5, 0.6) is 5.75 Å². The zero-order valence-electron chi connectivity index (χ0n) is 12.8. The van der Waals surface area contributed by atoms with E-state index >= 15 is 0 Å². The Balaban J connectivity index is 1.44. The average Bonchev–Trinajstić information content (AvgIpc) is 2.96. The van der Waals surface area contributed by atoms with Crippen LogP contribution in [-0.2, 0) is 7.05 Å². The van der Waals surface area contributed by atoms with Crippen molar-refractivity contribution in [2.45, 2.75) is 0 Å². The van der Waals surface area contributed by atoms with E-state index in [-0.39, 0.29) is 6.03 Å². The van der Waals surface area contributed by atoms with Gasteiger partial charge in [0.1, 0.15) is 12.4 Å². The first kappa shape index (κ1) is 14.9. The number of urea groups is 1. The van der Waals surface area contributed by atoms with Crippen LogP contribution < -0.4 is 15.4 Å². The molecule has 0 bridgehead atoms. The maximum Gasteiger partial charge on any atom is 0.320 e. The summed E-state index contributed by atoms with van der Waals surface area (Å²) in [5.74, 6) is 1.30. The summed E-state index contributed by atoms with van der Waals surface area (Å²) in [7, 11) is 1.79. The molecule has 0 spiro atoms. The van der Waals surface area contributed by atoms with E-state index in [4.69, 9.17) is 4.74 Å². The number of carbonyl (C=O) groups excluding carboxylic acids is 1. The summed E-state index contributed by atoms with van der Waals surface area (Å²) in [4.78, 5) is 11.7. The second-order valence-electron chi connectivity index (χ2n) is 5.11. The van der Waals surface area contributed by atoms with Gasteiger partial charge in [0.25, 0.3) is 0 Å². The van der Waals surface area contributed by atoms with Crippen molar-refractivity contribution in [2.24, 2.45) is 7.05 Å². The Labute approximate surface area is 134 Å². The predicted molar refractivity (Wildman–Crippen MR) is 89.7 cm³/mol. The van der Waals surface area contributed by atoms with Gasteiger partial charge >= 0.3 is 6.03 Å². The van der Waals surface area contributed by atoms with E-state index in [1.807, 2.05) is 36.4 Å². The second-order valence-corrected chi connectivity index (χ2v) is 5.11. The highest BCUT2D eigenvalue weighted by Gasteiger charge is 2.03. The van der Waals surface area contributed by atoms with Gasteiger partial charge < -0.3 is 10.1 Å². The highest BCUT2D eigenvalue weighted by Crippen LogP contribution is 2.20.